The number of benzene rings is 2. The molecule has 3 rings (SSSR count). The Morgan fingerprint density at radius 1 is 1.03 bits per heavy atom. The smallest absolute Gasteiger partial charge is 0.407 e. The van der Waals surface area contributed by atoms with Crippen molar-refractivity contribution in [3.63, 3.8) is 0 Å². The highest BCUT2D eigenvalue weighted by molar-refractivity contribution is 5.85. The van der Waals surface area contributed by atoms with Crippen LogP contribution >= 0.6 is 12.4 Å². The zero-order valence-electron chi connectivity index (χ0n) is 16.8. The number of fused-ring (bicyclic) bond motifs is 3. The van der Waals surface area contributed by atoms with Crippen LogP contribution in [0.15, 0.2) is 48.5 Å². The number of nitrogens with one attached hydrogen (secondary N) is 1. The third kappa shape index (κ3) is 5.28. The van der Waals surface area contributed by atoms with Crippen LogP contribution in [0.5, 0.6) is 0 Å². The molecule has 3 N–H and O–H groups in total. The number of halogens is 1. The fourth-order valence-electron chi connectivity index (χ4n) is 3.37. The Bertz CT molecular complexity index is 834. The average molecular weight is 419 g/mol. The summed E-state index contributed by atoms with van der Waals surface area (Å²) >= 11 is 0. The van der Waals surface area contributed by atoms with Crippen LogP contribution in [-0.4, -0.2) is 36.9 Å². The van der Waals surface area contributed by atoms with Crippen molar-refractivity contribution in [1.82, 2.24) is 5.32 Å². The Morgan fingerprint density at radius 3 is 2.03 bits per heavy atom. The highest BCUT2D eigenvalue weighted by atomic mass is 35.5. The van der Waals surface area contributed by atoms with Crippen LogP contribution in [0.1, 0.15) is 37.8 Å². The van der Waals surface area contributed by atoms with E-state index < -0.39 is 23.7 Å². The van der Waals surface area contributed by atoms with Crippen molar-refractivity contribution in [2.45, 2.75) is 38.3 Å². The van der Waals surface area contributed by atoms with Gasteiger partial charge in [-0.2, -0.15) is 0 Å². The van der Waals surface area contributed by atoms with E-state index in [1.165, 1.54) is 0 Å². The van der Waals surface area contributed by atoms with E-state index in [2.05, 4.69) is 17.4 Å². The van der Waals surface area contributed by atoms with Crippen molar-refractivity contribution >= 4 is 24.5 Å². The Kier molecular flexibility index (Phi) is 7.27. The summed E-state index contributed by atoms with van der Waals surface area (Å²) in [6.07, 6.45) is -0.692. The molecule has 29 heavy (non-hydrogen) atoms. The van der Waals surface area contributed by atoms with Gasteiger partial charge in [-0.1, -0.05) is 48.5 Å². The summed E-state index contributed by atoms with van der Waals surface area (Å²) < 4.78 is 10.7. The van der Waals surface area contributed by atoms with E-state index in [9.17, 15) is 9.59 Å². The van der Waals surface area contributed by atoms with E-state index in [1.807, 2.05) is 36.4 Å². The molecule has 0 unspecified atom stereocenters. The maximum atomic E-state index is 12.3. The number of carbonyl (C=O) groups is 2. The number of alkyl carbamates (subject to hydrolysis) is 1. The van der Waals surface area contributed by atoms with E-state index in [1.54, 1.807) is 20.8 Å². The van der Waals surface area contributed by atoms with Crippen LogP contribution < -0.4 is 11.1 Å². The van der Waals surface area contributed by atoms with Crippen molar-refractivity contribution in [1.29, 1.82) is 0 Å². The fraction of sp³-hybridized carbons (Fsp3) is 0.364. The first kappa shape index (κ1) is 22.7. The van der Waals surface area contributed by atoms with Gasteiger partial charge >= 0.3 is 12.1 Å². The Labute approximate surface area is 177 Å². The van der Waals surface area contributed by atoms with Crippen molar-refractivity contribution in [3.05, 3.63) is 59.7 Å². The van der Waals surface area contributed by atoms with Gasteiger partial charge in [0.2, 0.25) is 0 Å². The second-order valence-corrected chi connectivity index (χ2v) is 7.79. The van der Waals surface area contributed by atoms with Gasteiger partial charge in [0.1, 0.15) is 18.2 Å². The lowest BCUT2D eigenvalue weighted by Crippen LogP contribution is -2.48. The SMILES string of the molecule is CC(C)(C)OC(=O)[C@@H](CN)NC(=O)OCC1c2ccccc2-c2ccccc21.Cl. The molecule has 1 amide bonds. The third-order valence-electron chi connectivity index (χ3n) is 4.56. The summed E-state index contributed by atoms with van der Waals surface area (Å²) in [5.74, 6) is -0.625. The summed E-state index contributed by atoms with van der Waals surface area (Å²) in [6, 6.07) is 15.2. The molecule has 0 saturated carbocycles. The maximum absolute atomic E-state index is 12.3. The predicted octanol–water partition coefficient (Wildman–Crippen LogP) is 3.62. The van der Waals surface area contributed by atoms with Gasteiger partial charge in [0.15, 0.2) is 0 Å². The van der Waals surface area contributed by atoms with Gasteiger partial charge in [-0.05, 0) is 43.0 Å². The van der Waals surface area contributed by atoms with Gasteiger partial charge in [0.05, 0.1) is 0 Å². The molecule has 1 aliphatic carbocycles. The Morgan fingerprint density at radius 2 is 1.55 bits per heavy atom. The Hall–Kier alpha value is -2.57. The van der Waals surface area contributed by atoms with E-state index in [-0.39, 0.29) is 31.5 Å². The van der Waals surface area contributed by atoms with Gasteiger partial charge < -0.3 is 20.5 Å². The van der Waals surface area contributed by atoms with Crippen LogP contribution in [-0.2, 0) is 14.3 Å². The van der Waals surface area contributed by atoms with E-state index in [0.717, 1.165) is 22.3 Å². The van der Waals surface area contributed by atoms with E-state index in [4.69, 9.17) is 15.2 Å². The molecule has 2 aromatic carbocycles. The lowest BCUT2D eigenvalue weighted by atomic mass is 9.98. The largest absolute Gasteiger partial charge is 0.458 e. The second-order valence-electron chi connectivity index (χ2n) is 7.79. The molecule has 0 bridgehead atoms. The van der Waals surface area contributed by atoms with Gasteiger partial charge in [0.25, 0.3) is 0 Å². The number of ether oxygens (including phenoxy) is 2. The molecular weight excluding hydrogens is 392 g/mol. The molecule has 0 spiro atoms. The quantitative estimate of drug-likeness (QED) is 0.724. The molecule has 7 heteroatoms. The number of hydrogen-bond acceptors (Lipinski definition) is 5. The zero-order valence-corrected chi connectivity index (χ0v) is 17.6. The molecule has 2 aromatic rings. The normalized spacial score (nSPS) is 13.5. The molecule has 0 aromatic heterocycles. The molecule has 0 saturated heterocycles. The molecular formula is C22H27ClN2O4. The van der Waals surface area contributed by atoms with Crippen LogP contribution in [0.4, 0.5) is 4.79 Å². The van der Waals surface area contributed by atoms with Gasteiger partial charge in [-0.15, -0.1) is 12.4 Å². The number of hydrogen-bond donors (Lipinski definition) is 2. The molecule has 0 heterocycles. The third-order valence-corrected chi connectivity index (χ3v) is 4.56. The maximum Gasteiger partial charge on any atom is 0.407 e. The summed E-state index contributed by atoms with van der Waals surface area (Å²) in [7, 11) is 0. The predicted molar refractivity (Wildman–Crippen MR) is 114 cm³/mol. The van der Waals surface area contributed by atoms with Crippen LogP contribution in [0.25, 0.3) is 11.1 Å². The summed E-state index contributed by atoms with van der Waals surface area (Å²) in [5, 5.41) is 2.50. The second kappa shape index (κ2) is 9.29. The van der Waals surface area contributed by atoms with Gasteiger partial charge in [-0.25, -0.2) is 9.59 Å². The lowest BCUT2D eigenvalue weighted by Gasteiger charge is -2.24. The number of carbonyl (C=O) groups excluding carboxylic acids is 2. The lowest BCUT2D eigenvalue weighted by molar-refractivity contribution is -0.157. The van der Waals surface area contributed by atoms with Crippen LogP contribution in [0.2, 0.25) is 0 Å². The van der Waals surface area contributed by atoms with Crippen molar-refractivity contribution in [2.75, 3.05) is 13.2 Å². The first-order valence-electron chi connectivity index (χ1n) is 9.34. The van der Waals surface area contributed by atoms with Crippen molar-refractivity contribution in [2.24, 2.45) is 5.73 Å². The minimum Gasteiger partial charge on any atom is -0.458 e. The monoisotopic (exact) mass is 418 g/mol. The number of nitrogens with two attached hydrogens (primary N) is 1. The topological polar surface area (TPSA) is 90.6 Å². The molecule has 6 nitrogen and oxygen atoms in total. The van der Waals surface area contributed by atoms with Crippen LogP contribution in [0, 0.1) is 0 Å². The summed E-state index contributed by atoms with van der Waals surface area (Å²) in [6.45, 7) is 5.37. The van der Waals surface area contributed by atoms with E-state index >= 15 is 0 Å². The van der Waals surface area contributed by atoms with Crippen molar-refractivity contribution in [3.8, 4) is 11.1 Å². The molecule has 156 valence electrons. The Balaban J connectivity index is 0.00000300. The van der Waals surface area contributed by atoms with Crippen LogP contribution in [0.3, 0.4) is 0 Å². The standard InChI is InChI=1S/C22H26N2O4.ClH/c1-22(2,3)28-20(25)19(12-23)24-21(26)27-13-18-16-10-6-4-8-14(16)15-9-5-7-11-17(15)18;/h4-11,18-19H,12-13,23H2,1-3H3,(H,24,26);1H/t19-;/m1./s1. The van der Waals surface area contributed by atoms with Crippen molar-refractivity contribution < 1.29 is 19.1 Å². The first-order chi connectivity index (χ1) is 13.3. The van der Waals surface area contributed by atoms with E-state index in [0.29, 0.717) is 0 Å². The summed E-state index contributed by atoms with van der Waals surface area (Å²) in [5.41, 5.74) is 9.51. The number of rotatable bonds is 5. The highest BCUT2D eigenvalue weighted by Gasteiger charge is 2.30. The molecule has 0 aliphatic heterocycles. The molecule has 1 aliphatic rings. The molecule has 0 fully saturated rings. The minimum atomic E-state index is -0.949. The molecule has 1 atom stereocenters. The zero-order chi connectivity index (χ0) is 20.3. The summed E-state index contributed by atoms with van der Waals surface area (Å²) in [4.78, 5) is 24.4. The number of amides is 1. The fourth-order valence-corrected chi connectivity index (χ4v) is 3.37. The average Bonchev–Trinajstić information content (AvgIpc) is 2.97. The molecule has 0 radical (unpaired) electrons. The van der Waals surface area contributed by atoms with Gasteiger partial charge in [-0.3, -0.25) is 0 Å². The van der Waals surface area contributed by atoms with Gasteiger partial charge in [0, 0.05) is 12.5 Å². The number of esters is 1. The first-order valence-corrected chi connectivity index (χ1v) is 9.34. The minimum absolute atomic E-state index is 0. The highest BCUT2D eigenvalue weighted by Crippen LogP contribution is 2.44.